The highest BCUT2D eigenvalue weighted by molar-refractivity contribution is 7.13. The second-order valence-electron chi connectivity index (χ2n) is 9.92. The fourth-order valence-electron chi connectivity index (χ4n) is 5.23. The number of thiophene rings is 1. The summed E-state index contributed by atoms with van der Waals surface area (Å²) < 4.78 is 1.73. The Hall–Kier alpha value is -2.93. The van der Waals surface area contributed by atoms with Gasteiger partial charge in [0, 0.05) is 11.7 Å². The Morgan fingerprint density at radius 2 is 1.88 bits per heavy atom. The van der Waals surface area contributed by atoms with E-state index in [2.05, 4.69) is 5.32 Å². The van der Waals surface area contributed by atoms with E-state index in [4.69, 9.17) is 5.10 Å². The van der Waals surface area contributed by atoms with Crippen LogP contribution in [0.25, 0.3) is 10.6 Å². The van der Waals surface area contributed by atoms with Gasteiger partial charge in [-0.1, -0.05) is 43.9 Å². The van der Waals surface area contributed by atoms with E-state index in [0.29, 0.717) is 12.2 Å². The van der Waals surface area contributed by atoms with Crippen molar-refractivity contribution in [3.05, 3.63) is 58.6 Å². The molecule has 34 heavy (non-hydrogen) atoms. The van der Waals surface area contributed by atoms with Crippen molar-refractivity contribution in [2.24, 2.45) is 0 Å². The summed E-state index contributed by atoms with van der Waals surface area (Å²) in [6, 6.07) is 12.1. The number of hydrogen-bond donors (Lipinski definition) is 1. The van der Waals surface area contributed by atoms with Crippen LogP contribution in [0.3, 0.4) is 0 Å². The van der Waals surface area contributed by atoms with E-state index in [0.717, 1.165) is 53.1 Å². The number of hydrogen-bond acceptors (Lipinski definition) is 4. The lowest BCUT2D eigenvalue weighted by molar-refractivity contribution is -0.127. The van der Waals surface area contributed by atoms with Crippen LogP contribution in [0.4, 0.5) is 5.69 Å². The number of nitrogens with one attached hydrogen (secondary N) is 1. The Morgan fingerprint density at radius 1 is 1.12 bits per heavy atom. The van der Waals surface area contributed by atoms with Crippen LogP contribution < -0.4 is 10.2 Å². The first kappa shape index (κ1) is 22.8. The predicted octanol–water partition coefficient (Wildman–Crippen LogP) is 5.49. The standard InChI is InChI=1S/C27H32N4O2S/c1-18-12-13-19(2)22(15-18)31-25(32)23-16-21(24-11-8-14-34-24)29-30(23)17-27(31,3)26(33)28-20-9-6-4-5-7-10-20/h8,11-16,20H,4-7,9-10,17H2,1-3H3,(H,28,33)/t27-/m1/s1. The molecule has 0 bridgehead atoms. The zero-order chi connectivity index (χ0) is 23.9. The Balaban J connectivity index is 1.58. The Labute approximate surface area is 205 Å². The third kappa shape index (κ3) is 4.06. The van der Waals surface area contributed by atoms with Crippen LogP contribution in [0.1, 0.15) is 67.1 Å². The van der Waals surface area contributed by atoms with Gasteiger partial charge in [0.25, 0.3) is 5.91 Å². The first-order chi connectivity index (χ1) is 16.4. The van der Waals surface area contributed by atoms with Gasteiger partial charge in [0.15, 0.2) is 0 Å². The molecule has 0 saturated heterocycles. The Kier molecular flexibility index (Phi) is 6.06. The minimum Gasteiger partial charge on any atom is -0.351 e. The van der Waals surface area contributed by atoms with Crippen molar-refractivity contribution < 1.29 is 9.59 Å². The maximum atomic E-state index is 14.0. The lowest BCUT2D eigenvalue weighted by Crippen LogP contribution is -2.65. The van der Waals surface area contributed by atoms with Crippen LogP contribution in [0, 0.1) is 13.8 Å². The summed E-state index contributed by atoms with van der Waals surface area (Å²) in [7, 11) is 0. The number of carbonyl (C=O) groups is 2. The summed E-state index contributed by atoms with van der Waals surface area (Å²) in [6.45, 7) is 6.20. The molecule has 178 valence electrons. The van der Waals surface area contributed by atoms with Crippen LogP contribution in [0.15, 0.2) is 41.8 Å². The topological polar surface area (TPSA) is 67.2 Å². The molecule has 6 nitrogen and oxygen atoms in total. The van der Waals surface area contributed by atoms with Crippen LogP contribution in [-0.4, -0.2) is 33.2 Å². The highest BCUT2D eigenvalue weighted by Gasteiger charge is 2.49. The fourth-order valence-corrected chi connectivity index (χ4v) is 5.91. The normalized spacial score (nSPS) is 21.3. The van der Waals surface area contributed by atoms with E-state index < -0.39 is 5.54 Å². The highest BCUT2D eigenvalue weighted by atomic mass is 32.1. The van der Waals surface area contributed by atoms with Crippen molar-refractivity contribution in [1.29, 1.82) is 0 Å². The first-order valence-electron chi connectivity index (χ1n) is 12.2. The smallest absolute Gasteiger partial charge is 0.277 e. The van der Waals surface area contributed by atoms with Gasteiger partial charge < -0.3 is 5.32 Å². The predicted molar refractivity (Wildman–Crippen MR) is 136 cm³/mol. The Morgan fingerprint density at radius 3 is 2.59 bits per heavy atom. The summed E-state index contributed by atoms with van der Waals surface area (Å²) >= 11 is 1.59. The van der Waals surface area contributed by atoms with E-state index in [1.807, 2.05) is 62.5 Å². The zero-order valence-corrected chi connectivity index (χ0v) is 21.0. The van der Waals surface area contributed by atoms with Gasteiger partial charge in [-0.2, -0.15) is 5.10 Å². The third-order valence-corrected chi connectivity index (χ3v) is 8.10. The lowest BCUT2D eigenvalue weighted by atomic mass is 9.92. The molecule has 1 fully saturated rings. The summed E-state index contributed by atoms with van der Waals surface area (Å²) in [4.78, 5) is 30.7. The molecule has 0 unspecified atom stereocenters. The SMILES string of the molecule is Cc1ccc(C)c(N2C(=O)c3cc(-c4cccs4)nn3C[C@]2(C)C(=O)NC2CCCCCC2)c1. The second kappa shape index (κ2) is 9.02. The number of amides is 2. The van der Waals surface area contributed by atoms with E-state index in [1.54, 1.807) is 20.9 Å². The molecule has 3 aromatic rings. The van der Waals surface area contributed by atoms with Gasteiger partial charge in [0.1, 0.15) is 16.9 Å². The zero-order valence-electron chi connectivity index (χ0n) is 20.1. The summed E-state index contributed by atoms with van der Waals surface area (Å²) in [6.07, 6.45) is 6.70. The average Bonchev–Trinajstić information content (AvgIpc) is 3.41. The van der Waals surface area contributed by atoms with E-state index in [9.17, 15) is 9.59 Å². The molecule has 1 atom stereocenters. The molecule has 7 heteroatoms. The number of anilines is 1. The second-order valence-corrected chi connectivity index (χ2v) is 10.9. The van der Waals surface area contributed by atoms with Gasteiger partial charge in [-0.15, -0.1) is 11.3 Å². The number of benzene rings is 1. The maximum absolute atomic E-state index is 14.0. The van der Waals surface area contributed by atoms with Crippen molar-refractivity contribution in [2.45, 2.75) is 77.4 Å². The van der Waals surface area contributed by atoms with E-state index >= 15 is 0 Å². The molecule has 2 aromatic heterocycles. The van der Waals surface area contributed by atoms with Crippen molar-refractivity contribution in [1.82, 2.24) is 15.1 Å². The van der Waals surface area contributed by atoms with Crippen molar-refractivity contribution in [2.75, 3.05) is 4.90 Å². The number of aryl methyl sites for hydroxylation is 2. The lowest BCUT2D eigenvalue weighted by Gasteiger charge is -2.44. The quantitative estimate of drug-likeness (QED) is 0.507. The molecule has 1 aliphatic carbocycles. The fraction of sp³-hybridized carbons (Fsp3) is 0.444. The van der Waals surface area contributed by atoms with Gasteiger partial charge in [0.05, 0.1) is 11.4 Å². The molecule has 3 heterocycles. The maximum Gasteiger partial charge on any atom is 0.277 e. The minimum absolute atomic E-state index is 0.104. The number of rotatable bonds is 4. The van der Waals surface area contributed by atoms with Crippen LogP contribution in [0.2, 0.25) is 0 Å². The van der Waals surface area contributed by atoms with Crippen molar-refractivity contribution in [3.8, 4) is 10.6 Å². The van der Waals surface area contributed by atoms with Gasteiger partial charge >= 0.3 is 0 Å². The molecular formula is C27H32N4O2S. The van der Waals surface area contributed by atoms with Gasteiger partial charge in [0.2, 0.25) is 5.91 Å². The molecule has 2 amide bonds. The molecule has 0 radical (unpaired) electrons. The average molecular weight is 477 g/mol. The largest absolute Gasteiger partial charge is 0.351 e. The van der Waals surface area contributed by atoms with Gasteiger partial charge in [-0.05, 0) is 68.3 Å². The summed E-state index contributed by atoms with van der Waals surface area (Å²) in [5.74, 6) is -0.291. The molecule has 1 aromatic carbocycles. The first-order valence-corrected chi connectivity index (χ1v) is 13.1. The third-order valence-electron chi connectivity index (χ3n) is 7.21. The molecule has 1 aliphatic heterocycles. The van der Waals surface area contributed by atoms with Crippen LogP contribution in [-0.2, 0) is 11.3 Å². The number of aromatic nitrogens is 2. The number of carbonyl (C=O) groups excluding carboxylic acids is 2. The van der Waals surface area contributed by atoms with Crippen molar-refractivity contribution in [3.63, 3.8) is 0 Å². The molecule has 2 aliphatic rings. The highest BCUT2D eigenvalue weighted by Crippen LogP contribution is 2.37. The van der Waals surface area contributed by atoms with Gasteiger partial charge in [-0.25, -0.2) is 0 Å². The minimum atomic E-state index is -1.09. The number of fused-ring (bicyclic) bond motifs is 1. The molecule has 1 saturated carbocycles. The van der Waals surface area contributed by atoms with E-state index in [1.165, 1.54) is 12.8 Å². The van der Waals surface area contributed by atoms with Crippen molar-refractivity contribution >= 4 is 28.8 Å². The number of nitrogens with zero attached hydrogens (tertiary/aromatic N) is 3. The molecular weight excluding hydrogens is 444 g/mol. The Bertz CT molecular complexity index is 1210. The monoisotopic (exact) mass is 476 g/mol. The van der Waals surface area contributed by atoms with Crippen LogP contribution >= 0.6 is 11.3 Å². The van der Waals surface area contributed by atoms with E-state index in [-0.39, 0.29) is 17.9 Å². The molecule has 5 rings (SSSR count). The molecule has 1 N–H and O–H groups in total. The van der Waals surface area contributed by atoms with Gasteiger partial charge in [-0.3, -0.25) is 19.2 Å². The summed E-state index contributed by atoms with van der Waals surface area (Å²) in [5.41, 5.74) is 3.01. The van der Waals surface area contributed by atoms with Crippen LogP contribution in [0.5, 0.6) is 0 Å². The summed E-state index contributed by atoms with van der Waals surface area (Å²) in [5, 5.41) is 10.1. The molecule has 0 spiro atoms.